The van der Waals surface area contributed by atoms with E-state index in [2.05, 4.69) is 4.72 Å². The van der Waals surface area contributed by atoms with Crippen molar-refractivity contribution >= 4 is 15.7 Å². The van der Waals surface area contributed by atoms with Gasteiger partial charge in [-0.25, -0.2) is 8.42 Å². The molecule has 5 heteroatoms. The van der Waals surface area contributed by atoms with Crippen molar-refractivity contribution in [3.63, 3.8) is 0 Å². The number of anilines is 1. The van der Waals surface area contributed by atoms with E-state index in [1.165, 1.54) is 12.1 Å². The normalized spacial score (nSPS) is 11.3. The van der Waals surface area contributed by atoms with Gasteiger partial charge < -0.3 is 5.11 Å². The third-order valence-electron chi connectivity index (χ3n) is 2.78. The quantitative estimate of drug-likeness (QED) is 0.901. The highest BCUT2D eigenvalue weighted by Crippen LogP contribution is 2.21. The van der Waals surface area contributed by atoms with E-state index in [1.54, 1.807) is 36.4 Å². The molecule has 0 saturated carbocycles. The Morgan fingerprint density at radius 3 is 2.42 bits per heavy atom. The second-order valence-corrected chi connectivity index (χ2v) is 5.91. The first-order valence-corrected chi connectivity index (χ1v) is 7.29. The van der Waals surface area contributed by atoms with Crippen LogP contribution in [0.1, 0.15) is 11.1 Å². The SMILES string of the molecule is Cc1ccc(CO)cc1NS(=O)(=O)c1ccccc1. The Morgan fingerprint density at radius 2 is 1.79 bits per heavy atom. The lowest BCUT2D eigenvalue weighted by molar-refractivity contribution is 0.282. The molecular formula is C14H15NO3S. The van der Waals surface area contributed by atoms with E-state index in [4.69, 9.17) is 5.11 Å². The molecule has 0 unspecified atom stereocenters. The molecule has 0 amide bonds. The zero-order valence-corrected chi connectivity index (χ0v) is 11.3. The highest BCUT2D eigenvalue weighted by atomic mass is 32.2. The molecule has 0 spiro atoms. The summed E-state index contributed by atoms with van der Waals surface area (Å²) < 4.78 is 26.9. The van der Waals surface area contributed by atoms with E-state index in [0.717, 1.165) is 5.56 Å². The molecule has 2 aromatic rings. The number of benzene rings is 2. The minimum atomic E-state index is -3.59. The lowest BCUT2D eigenvalue weighted by Gasteiger charge is -2.11. The number of hydrogen-bond donors (Lipinski definition) is 2. The third kappa shape index (κ3) is 3.13. The molecule has 2 N–H and O–H groups in total. The summed E-state index contributed by atoms with van der Waals surface area (Å²) in [6, 6.07) is 13.3. The Labute approximate surface area is 112 Å². The van der Waals surface area contributed by atoms with Crippen LogP contribution in [0.5, 0.6) is 0 Å². The zero-order chi connectivity index (χ0) is 13.9. The predicted octanol–water partition coefficient (Wildman–Crippen LogP) is 2.29. The Morgan fingerprint density at radius 1 is 1.11 bits per heavy atom. The average molecular weight is 277 g/mol. The highest BCUT2D eigenvalue weighted by Gasteiger charge is 2.14. The fraction of sp³-hybridized carbons (Fsp3) is 0.143. The van der Waals surface area contributed by atoms with E-state index in [-0.39, 0.29) is 11.5 Å². The first-order chi connectivity index (χ1) is 9.03. The van der Waals surface area contributed by atoms with Gasteiger partial charge >= 0.3 is 0 Å². The molecule has 0 radical (unpaired) electrons. The van der Waals surface area contributed by atoms with E-state index < -0.39 is 10.0 Å². The molecule has 2 aromatic carbocycles. The maximum Gasteiger partial charge on any atom is 0.261 e. The summed E-state index contributed by atoms with van der Waals surface area (Å²) in [5, 5.41) is 9.09. The maximum atomic E-state index is 12.2. The van der Waals surface area contributed by atoms with Gasteiger partial charge in [0, 0.05) is 0 Å². The van der Waals surface area contributed by atoms with Crippen LogP contribution in [0.2, 0.25) is 0 Å². The molecular weight excluding hydrogens is 262 g/mol. The molecule has 19 heavy (non-hydrogen) atoms. The van der Waals surface area contributed by atoms with Gasteiger partial charge in [0.1, 0.15) is 0 Å². The maximum absolute atomic E-state index is 12.2. The van der Waals surface area contributed by atoms with E-state index in [1.807, 2.05) is 6.92 Å². The van der Waals surface area contributed by atoms with Gasteiger partial charge in [-0.05, 0) is 36.2 Å². The summed E-state index contributed by atoms with van der Waals surface area (Å²) in [6.07, 6.45) is 0. The molecule has 0 saturated heterocycles. The topological polar surface area (TPSA) is 66.4 Å². The number of hydrogen-bond acceptors (Lipinski definition) is 3. The molecule has 0 fully saturated rings. The number of nitrogens with one attached hydrogen (secondary N) is 1. The van der Waals surface area contributed by atoms with Crippen molar-refractivity contribution in [2.24, 2.45) is 0 Å². The first kappa shape index (κ1) is 13.6. The Kier molecular flexibility index (Phi) is 3.87. The summed E-state index contributed by atoms with van der Waals surface area (Å²) in [5.41, 5.74) is 1.95. The third-order valence-corrected chi connectivity index (χ3v) is 4.16. The zero-order valence-electron chi connectivity index (χ0n) is 10.5. The van der Waals surface area contributed by atoms with Crippen LogP contribution < -0.4 is 4.72 Å². The number of aliphatic hydroxyl groups is 1. The molecule has 4 nitrogen and oxygen atoms in total. The van der Waals surface area contributed by atoms with Crippen molar-refractivity contribution < 1.29 is 13.5 Å². The smallest absolute Gasteiger partial charge is 0.261 e. The minimum Gasteiger partial charge on any atom is -0.392 e. The van der Waals surface area contributed by atoms with Gasteiger partial charge in [-0.1, -0.05) is 30.3 Å². The monoisotopic (exact) mass is 277 g/mol. The van der Waals surface area contributed by atoms with Crippen molar-refractivity contribution in [2.75, 3.05) is 4.72 Å². The van der Waals surface area contributed by atoms with Crippen molar-refractivity contribution in [1.29, 1.82) is 0 Å². The number of aliphatic hydroxyl groups excluding tert-OH is 1. The summed E-state index contributed by atoms with van der Waals surface area (Å²) in [6.45, 7) is 1.68. The second kappa shape index (κ2) is 5.42. The predicted molar refractivity (Wildman–Crippen MR) is 74.4 cm³/mol. The van der Waals surface area contributed by atoms with Gasteiger partial charge in [-0.15, -0.1) is 0 Å². The van der Waals surface area contributed by atoms with Crippen LogP contribution in [0.3, 0.4) is 0 Å². The molecule has 0 bridgehead atoms. The van der Waals surface area contributed by atoms with E-state index >= 15 is 0 Å². The lowest BCUT2D eigenvalue weighted by atomic mass is 10.1. The van der Waals surface area contributed by atoms with Gasteiger partial charge in [-0.2, -0.15) is 0 Å². The van der Waals surface area contributed by atoms with Crippen LogP contribution in [0.15, 0.2) is 53.4 Å². The van der Waals surface area contributed by atoms with Crippen LogP contribution in [-0.4, -0.2) is 13.5 Å². The van der Waals surface area contributed by atoms with Crippen molar-refractivity contribution in [3.8, 4) is 0 Å². The highest BCUT2D eigenvalue weighted by molar-refractivity contribution is 7.92. The van der Waals surface area contributed by atoms with Crippen molar-refractivity contribution in [2.45, 2.75) is 18.4 Å². The summed E-state index contributed by atoms with van der Waals surface area (Å²) in [7, 11) is -3.59. The van der Waals surface area contributed by atoms with Crippen molar-refractivity contribution in [1.82, 2.24) is 0 Å². The number of sulfonamides is 1. The molecule has 0 aromatic heterocycles. The molecule has 0 aliphatic rings. The molecule has 0 aliphatic carbocycles. The van der Waals surface area contributed by atoms with Crippen LogP contribution in [0.25, 0.3) is 0 Å². The largest absolute Gasteiger partial charge is 0.392 e. The van der Waals surface area contributed by atoms with Crippen LogP contribution >= 0.6 is 0 Å². The molecule has 2 rings (SSSR count). The van der Waals surface area contributed by atoms with Gasteiger partial charge in [0.2, 0.25) is 0 Å². The van der Waals surface area contributed by atoms with Gasteiger partial charge in [-0.3, -0.25) is 4.72 Å². The summed E-state index contributed by atoms with van der Waals surface area (Å²) in [5.74, 6) is 0. The Hall–Kier alpha value is -1.85. The van der Waals surface area contributed by atoms with Crippen LogP contribution in [0, 0.1) is 6.92 Å². The first-order valence-electron chi connectivity index (χ1n) is 5.81. The number of aryl methyl sites for hydroxylation is 1. The standard InChI is InChI=1S/C14H15NO3S/c1-11-7-8-12(10-16)9-14(11)15-19(17,18)13-5-3-2-4-6-13/h2-9,15-16H,10H2,1H3. The van der Waals surface area contributed by atoms with Gasteiger partial charge in [0.05, 0.1) is 17.2 Å². The van der Waals surface area contributed by atoms with Crippen molar-refractivity contribution in [3.05, 3.63) is 59.7 Å². The summed E-state index contributed by atoms with van der Waals surface area (Å²) >= 11 is 0. The second-order valence-electron chi connectivity index (χ2n) is 4.23. The lowest BCUT2D eigenvalue weighted by Crippen LogP contribution is -2.13. The molecule has 100 valence electrons. The van der Waals surface area contributed by atoms with Gasteiger partial charge in [0.15, 0.2) is 0 Å². The summed E-state index contributed by atoms with van der Waals surface area (Å²) in [4.78, 5) is 0.212. The Balaban J connectivity index is 2.36. The molecule has 0 heterocycles. The van der Waals surface area contributed by atoms with Crippen LogP contribution in [-0.2, 0) is 16.6 Å². The van der Waals surface area contributed by atoms with E-state index in [0.29, 0.717) is 11.3 Å². The fourth-order valence-corrected chi connectivity index (χ4v) is 2.82. The average Bonchev–Trinajstić information content (AvgIpc) is 2.42. The minimum absolute atomic E-state index is 0.125. The molecule has 0 atom stereocenters. The van der Waals surface area contributed by atoms with E-state index in [9.17, 15) is 8.42 Å². The molecule has 0 aliphatic heterocycles. The van der Waals surface area contributed by atoms with Crippen LogP contribution in [0.4, 0.5) is 5.69 Å². The number of rotatable bonds is 4. The van der Waals surface area contributed by atoms with Gasteiger partial charge in [0.25, 0.3) is 10.0 Å². The fourth-order valence-electron chi connectivity index (χ4n) is 1.68. The Bertz CT molecular complexity index is 666.